The number of carbonyl (C=O) groups is 2. The number of thiophene rings is 1. The zero-order valence-corrected chi connectivity index (χ0v) is 18.1. The first-order valence-corrected chi connectivity index (χ1v) is 11.6. The average Bonchev–Trinajstić information content (AvgIpc) is 3.32. The van der Waals surface area contributed by atoms with E-state index in [4.69, 9.17) is 4.74 Å². The fraction of sp³-hybridized carbons (Fsp3) is 0.333. The number of aromatic nitrogens is 2. The van der Waals surface area contributed by atoms with E-state index in [1.54, 1.807) is 42.5 Å². The molecule has 0 atom stereocenters. The van der Waals surface area contributed by atoms with Gasteiger partial charge in [-0.05, 0) is 49.4 Å². The molecule has 9 heteroatoms. The maximum absolute atomic E-state index is 12.5. The first-order valence-electron chi connectivity index (χ1n) is 9.75. The summed E-state index contributed by atoms with van der Waals surface area (Å²) in [6.45, 7) is 2.44. The maximum Gasteiger partial charge on any atom is 0.338 e. The predicted molar refractivity (Wildman–Crippen MR) is 117 cm³/mol. The number of hydrogen-bond acceptors (Lipinski definition) is 7. The van der Waals surface area contributed by atoms with Gasteiger partial charge in [-0.15, -0.1) is 11.3 Å². The Bertz CT molecular complexity index is 1150. The Labute approximate surface area is 181 Å². The first kappa shape index (κ1) is 20.6. The zero-order valence-electron chi connectivity index (χ0n) is 16.4. The van der Waals surface area contributed by atoms with Gasteiger partial charge in [0.1, 0.15) is 4.83 Å². The summed E-state index contributed by atoms with van der Waals surface area (Å²) in [7, 11) is 0. The lowest BCUT2D eigenvalue weighted by Gasteiger charge is -2.06. The summed E-state index contributed by atoms with van der Waals surface area (Å²) in [5.74, 6) is -0.370. The molecule has 156 valence electrons. The third-order valence-corrected chi connectivity index (χ3v) is 6.91. The van der Waals surface area contributed by atoms with Gasteiger partial charge in [0.25, 0.3) is 5.56 Å². The van der Waals surface area contributed by atoms with Crippen molar-refractivity contribution in [3.8, 4) is 0 Å². The van der Waals surface area contributed by atoms with Crippen LogP contribution in [0.25, 0.3) is 10.2 Å². The Morgan fingerprint density at radius 1 is 1.27 bits per heavy atom. The summed E-state index contributed by atoms with van der Waals surface area (Å²) < 4.78 is 4.95. The molecule has 4 rings (SSSR count). The molecule has 0 spiro atoms. The third kappa shape index (κ3) is 4.41. The van der Waals surface area contributed by atoms with Crippen LogP contribution < -0.4 is 10.9 Å². The van der Waals surface area contributed by atoms with Crippen molar-refractivity contribution in [2.24, 2.45) is 0 Å². The fourth-order valence-electron chi connectivity index (χ4n) is 3.41. The van der Waals surface area contributed by atoms with Crippen LogP contribution in [0.4, 0.5) is 0 Å². The minimum atomic E-state index is -0.362. The molecule has 1 aliphatic carbocycles. The molecule has 2 heterocycles. The highest BCUT2D eigenvalue weighted by molar-refractivity contribution is 7.99. The van der Waals surface area contributed by atoms with Crippen LogP contribution in [0.15, 0.2) is 34.2 Å². The van der Waals surface area contributed by atoms with Gasteiger partial charge in [-0.3, -0.25) is 9.59 Å². The van der Waals surface area contributed by atoms with E-state index >= 15 is 0 Å². The number of aromatic amines is 1. The van der Waals surface area contributed by atoms with Crippen molar-refractivity contribution in [2.75, 3.05) is 12.4 Å². The van der Waals surface area contributed by atoms with Crippen LogP contribution >= 0.6 is 23.1 Å². The van der Waals surface area contributed by atoms with Crippen LogP contribution in [0.5, 0.6) is 0 Å². The number of rotatable bonds is 7. The van der Waals surface area contributed by atoms with Crippen LogP contribution in [0.3, 0.4) is 0 Å². The standard InChI is InChI=1S/C21H21N3O4S2/c1-2-28-20(27)13-8-6-12(7-9-13)10-22-16(25)11-29-21-23-18(26)17-14-4-3-5-15(14)30-19(17)24-21/h6-9H,2-5,10-11H2,1H3,(H,22,25)(H,23,24,26). The summed E-state index contributed by atoms with van der Waals surface area (Å²) in [5.41, 5.74) is 2.38. The molecule has 1 aromatic carbocycles. The van der Waals surface area contributed by atoms with Crippen molar-refractivity contribution in [2.45, 2.75) is 37.9 Å². The number of hydrogen-bond donors (Lipinski definition) is 2. The van der Waals surface area contributed by atoms with Gasteiger partial charge >= 0.3 is 5.97 Å². The second-order valence-corrected chi connectivity index (χ2v) is 8.94. The molecular weight excluding hydrogens is 422 g/mol. The van der Waals surface area contributed by atoms with Gasteiger partial charge in [0, 0.05) is 11.4 Å². The number of nitrogens with zero attached hydrogens (tertiary/aromatic N) is 1. The fourth-order valence-corrected chi connectivity index (χ4v) is 5.42. The number of carbonyl (C=O) groups excluding carboxylic acids is 2. The van der Waals surface area contributed by atoms with Crippen molar-refractivity contribution in [3.05, 3.63) is 56.2 Å². The minimum Gasteiger partial charge on any atom is -0.462 e. The molecule has 1 amide bonds. The Morgan fingerprint density at radius 2 is 2.07 bits per heavy atom. The molecule has 0 fully saturated rings. The first-order chi connectivity index (χ1) is 14.5. The summed E-state index contributed by atoms with van der Waals surface area (Å²) >= 11 is 2.80. The van der Waals surface area contributed by atoms with Crippen LogP contribution in [-0.2, 0) is 28.9 Å². The second-order valence-electron chi connectivity index (χ2n) is 6.89. The van der Waals surface area contributed by atoms with Crippen LogP contribution in [0, 0.1) is 0 Å². The minimum absolute atomic E-state index is 0.121. The van der Waals surface area contributed by atoms with E-state index in [0.717, 1.165) is 35.2 Å². The molecule has 7 nitrogen and oxygen atoms in total. The van der Waals surface area contributed by atoms with Crippen LogP contribution in [0.2, 0.25) is 0 Å². The number of nitrogens with one attached hydrogen (secondary N) is 2. The molecule has 0 saturated heterocycles. The smallest absolute Gasteiger partial charge is 0.338 e. The molecule has 0 saturated carbocycles. The van der Waals surface area contributed by atoms with E-state index in [2.05, 4.69) is 15.3 Å². The van der Waals surface area contributed by atoms with Crippen molar-refractivity contribution in [1.82, 2.24) is 15.3 Å². The van der Waals surface area contributed by atoms with Gasteiger partial charge in [0.15, 0.2) is 5.16 Å². The van der Waals surface area contributed by atoms with Crippen molar-refractivity contribution >= 4 is 45.2 Å². The average molecular weight is 444 g/mol. The summed E-state index contributed by atoms with van der Waals surface area (Å²) in [4.78, 5) is 45.7. The number of H-pyrrole nitrogens is 1. The van der Waals surface area contributed by atoms with Gasteiger partial charge in [0.05, 0.1) is 23.3 Å². The van der Waals surface area contributed by atoms with Crippen molar-refractivity contribution in [1.29, 1.82) is 0 Å². The zero-order chi connectivity index (χ0) is 21.1. The summed E-state index contributed by atoms with van der Waals surface area (Å²) in [6, 6.07) is 6.91. The molecule has 0 bridgehead atoms. The van der Waals surface area contributed by atoms with Crippen LogP contribution in [0.1, 0.15) is 39.7 Å². The maximum atomic E-state index is 12.5. The van der Waals surface area contributed by atoms with E-state index in [9.17, 15) is 14.4 Å². The van der Waals surface area contributed by atoms with Gasteiger partial charge in [-0.25, -0.2) is 9.78 Å². The second kappa shape index (κ2) is 9.01. The topological polar surface area (TPSA) is 101 Å². The highest BCUT2D eigenvalue weighted by atomic mass is 32.2. The van der Waals surface area contributed by atoms with Crippen molar-refractivity contribution < 1.29 is 14.3 Å². The monoisotopic (exact) mass is 443 g/mol. The van der Waals surface area contributed by atoms with Crippen LogP contribution in [-0.4, -0.2) is 34.2 Å². The number of aryl methyl sites for hydroxylation is 2. The SMILES string of the molecule is CCOC(=O)c1ccc(CNC(=O)CSc2nc3sc4c(c3c(=O)[nH]2)CCC4)cc1. The van der Waals surface area contributed by atoms with Gasteiger partial charge in [-0.2, -0.15) is 0 Å². The number of amides is 1. The summed E-state index contributed by atoms with van der Waals surface area (Å²) in [6.07, 6.45) is 3.05. The lowest BCUT2D eigenvalue weighted by molar-refractivity contribution is -0.118. The largest absolute Gasteiger partial charge is 0.462 e. The molecule has 2 aromatic heterocycles. The summed E-state index contributed by atoms with van der Waals surface area (Å²) in [5, 5.41) is 4.01. The highest BCUT2D eigenvalue weighted by Gasteiger charge is 2.21. The van der Waals surface area contributed by atoms with Gasteiger partial charge in [0.2, 0.25) is 5.91 Å². The Balaban J connectivity index is 1.32. The number of thioether (sulfide) groups is 1. The molecule has 0 unspecified atom stereocenters. The number of esters is 1. The van der Waals surface area contributed by atoms with Gasteiger partial charge in [-0.1, -0.05) is 23.9 Å². The van der Waals surface area contributed by atoms with E-state index in [-0.39, 0.29) is 23.2 Å². The van der Waals surface area contributed by atoms with E-state index in [0.29, 0.717) is 29.3 Å². The molecular formula is C21H21N3O4S2. The Morgan fingerprint density at radius 3 is 2.83 bits per heavy atom. The highest BCUT2D eigenvalue weighted by Crippen LogP contribution is 2.35. The van der Waals surface area contributed by atoms with Crippen molar-refractivity contribution in [3.63, 3.8) is 0 Å². The lowest BCUT2D eigenvalue weighted by atomic mass is 10.1. The van der Waals surface area contributed by atoms with E-state index in [1.165, 1.54) is 16.6 Å². The molecule has 3 aromatic rings. The van der Waals surface area contributed by atoms with E-state index in [1.807, 2.05) is 0 Å². The lowest BCUT2D eigenvalue weighted by Crippen LogP contribution is -2.24. The molecule has 30 heavy (non-hydrogen) atoms. The van der Waals surface area contributed by atoms with E-state index < -0.39 is 0 Å². The quantitative estimate of drug-likeness (QED) is 0.331. The molecule has 1 aliphatic rings. The normalized spacial score (nSPS) is 12.7. The Hall–Kier alpha value is -2.65. The third-order valence-electron chi connectivity index (χ3n) is 4.85. The number of ether oxygens (including phenoxy) is 1. The van der Waals surface area contributed by atoms with Gasteiger partial charge < -0.3 is 15.0 Å². The molecule has 0 aliphatic heterocycles. The molecule has 2 N–H and O–H groups in total. The number of benzene rings is 1. The predicted octanol–water partition coefficient (Wildman–Crippen LogP) is 3.06. The number of fused-ring (bicyclic) bond motifs is 3. The molecule has 0 radical (unpaired) electrons. The Kier molecular flexibility index (Phi) is 6.19.